The van der Waals surface area contributed by atoms with E-state index in [1.54, 1.807) is 0 Å². The van der Waals surface area contributed by atoms with Gasteiger partial charge >= 0.3 is 6.09 Å². The Morgan fingerprint density at radius 1 is 0.963 bits per heavy atom. The van der Waals surface area contributed by atoms with E-state index in [9.17, 15) is 4.79 Å². The Morgan fingerprint density at radius 2 is 1.52 bits per heavy atom. The van der Waals surface area contributed by atoms with Crippen molar-refractivity contribution >= 4 is 22.0 Å². The van der Waals surface area contributed by atoms with Crippen LogP contribution in [0.15, 0.2) is 77.3 Å². The van der Waals surface area contributed by atoms with Crippen molar-refractivity contribution in [3.05, 3.63) is 94.0 Å². The van der Waals surface area contributed by atoms with Crippen LogP contribution in [0, 0.1) is 0 Å². The van der Waals surface area contributed by atoms with Gasteiger partial charge in [0.25, 0.3) is 0 Å². The minimum Gasteiger partial charge on any atom is -0.449 e. The molecule has 27 heavy (non-hydrogen) atoms. The van der Waals surface area contributed by atoms with E-state index in [1.807, 2.05) is 55.5 Å². The van der Waals surface area contributed by atoms with Crippen molar-refractivity contribution in [3.63, 3.8) is 0 Å². The third kappa shape index (κ3) is 3.62. The molecule has 0 fully saturated rings. The molecule has 1 atom stereocenters. The van der Waals surface area contributed by atoms with Crippen LogP contribution in [-0.4, -0.2) is 12.7 Å². The fourth-order valence-electron chi connectivity index (χ4n) is 3.65. The molecule has 3 aromatic rings. The van der Waals surface area contributed by atoms with Gasteiger partial charge in [-0.2, -0.15) is 0 Å². The van der Waals surface area contributed by atoms with Gasteiger partial charge in [-0.05, 0) is 46.9 Å². The highest BCUT2D eigenvalue weighted by Gasteiger charge is 2.29. The maximum atomic E-state index is 12.3. The normalized spacial score (nSPS) is 13.6. The fraction of sp³-hybridized carbons (Fsp3) is 0.174. The minimum absolute atomic E-state index is 0.0751. The molecule has 1 aliphatic carbocycles. The van der Waals surface area contributed by atoms with Crippen LogP contribution in [0.3, 0.4) is 0 Å². The second-order valence-electron chi connectivity index (χ2n) is 6.74. The van der Waals surface area contributed by atoms with E-state index in [2.05, 4.69) is 45.5 Å². The molecule has 0 heterocycles. The first-order valence-electron chi connectivity index (χ1n) is 9.00. The summed E-state index contributed by atoms with van der Waals surface area (Å²) in [5.74, 6) is 0.0751. The highest BCUT2D eigenvalue weighted by atomic mass is 79.9. The molecule has 0 bridgehead atoms. The number of nitrogens with one attached hydrogen (secondary N) is 1. The van der Waals surface area contributed by atoms with Crippen molar-refractivity contribution in [2.24, 2.45) is 0 Å². The van der Waals surface area contributed by atoms with Crippen LogP contribution in [0.2, 0.25) is 0 Å². The minimum atomic E-state index is -0.396. The predicted octanol–water partition coefficient (Wildman–Crippen LogP) is 6.05. The number of alkyl carbamates (subject to hydrolysis) is 1. The largest absolute Gasteiger partial charge is 0.449 e. The molecule has 0 aromatic heterocycles. The third-order valence-corrected chi connectivity index (χ3v) is 5.58. The van der Waals surface area contributed by atoms with Gasteiger partial charge in [-0.25, -0.2) is 4.79 Å². The number of amides is 1. The van der Waals surface area contributed by atoms with Crippen LogP contribution in [0.4, 0.5) is 4.79 Å². The van der Waals surface area contributed by atoms with Crippen LogP contribution in [0.5, 0.6) is 0 Å². The van der Waals surface area contributed by atoms with Crippen LogP contribution < -0.4 is 5.32 Å². The van der Waals surface area contributed by atoms with Crippen molar-refractivity contribution in [2.75, 3.05) is 6.61 Å². The molecule has 0 aliphatic heterocycles. The zero-order valence-corrected chi connectivity index (χ0v) is 16.6. The maximum absolute atomic E-state index is 12.3. The molecule has 1 amide bonds. The van der Waals surface area contributed by atoms with Gasteiger partial charge in [0.2, 0.25) is 0 Å². The Morgan fingerprint density at radius 3 is 2.11 bits per heavy atom. The highest BCUT2D eigenvalue weighted by molar-refractivity contribution is 9.10. The Kier molecular flexibility index (Phi) is 4.99. The van der Waals surface area contributed by atoms with Gasteiger partial charge in [-0.15, -0.1) is 0 Å². The first-order valence-corrected chi connectivity index (χ1v) is 9.80. The monoisotopic (exact) mass is 421 g/mol. The second kappa shape index (κ2) is 7.57. The van der Waals surface area contributed by atoms with E-state index in [1.165, 1.54) is 22.3 Å². The number of carbonyl (C=O) groups is 1. The zero-order chi connectivity index (χ0) is 18.8. The summed E-state index contributed by atoms with van der Waals surface area (Å²) in [6.07, 6.45) is -0.396. The lowest BCUT2D eigenvalue weighted by Crippen LogP contribution is -2.28. The van der Waals surface area contributed by atoms with Gasteiger partial charge in [0.1, 0.15) is 6.61 Å². The van der Waals surface area contributed by atoms with Gasteiger partial charge in [0.15, 0.2) is 0 Å². The number of rotatable bonds is 4. The van der Waals surface area contributed by atoms with E-state index < -0.39 is 6.09 Å². The van der Waals surface area contributed by atoms with E-state index in [4.69, 9.17) is 4.74 Å². The molecule has 0 radical (unpaired) electrons. The molecule has 1 N–H and O–H groups in total. The smallest absolute Gasteiger partial charge is 0.407 e. The third-order valence-electron chi connectivity index (χ3n) is 5.05. The quantitative estimate of drug-likeness (QED) is 0.556. The van der Waals surface area contributed by atoms with E-state index in [-0.39, 0.29) is 12.0 Å². The molecule has 0 saturated carbocycles. The molecular formula is C23H20BrNO2. The molecule has 136 valence electrons. The number of benzene rings is 3. The van der Waals surface area contributed by atoms with Crippen molar-refractivity contribution in [2.45, 2.75) is 18.9 Å². The number of hydrogen-bond donors (Lipinski definition) is 1. The summed E-state index contributed by atoms with van der Waals surface area (Å²) in [6.45, 7) is 2.28. The van der Waals surface area contributed by atoms with Gasteiger partial charge in [-0.1, -0.05) is 76.6 Å². The van der Waals surface area contributed by atoms with Crippen molar-refractivity contribution in [1.82, 2.24) is 5.32 Å². The summed E-state index contributed by atoms with van der Waals surface area (Å²) in [5, 5.41) is 2.91. The lowest BCUT2D eigenvalue weighted by atomic mass is 9.98. The van der Waals surface area contributed by atoms with Gasteiger partial charge < -0.3 is 10.1 Å². The van der Waals surface area contributed by atoms with Crippen molar-refractivity contribution in [3.8, 4) is 11.1 Å². The van der Waals surface area contributed by atoms with Crippen molar-refractivity contribution < 1.29 is 9.53 Å². The molecule has 1 aliphatic rings. The standard InChI is InChI=1S/C23H20BrNO2/c1-15(16-10-12-17(24)13-11-16)25-23(26)27-14-22-20-8-4-2-6-18(20)19-7-3-5-9-21(19)22/h2-13,15,22H,14H2,1H3,(H,25,26)/t15-/m0/s1. The molecule has 0 unspecified atom stereocenters. The SMILES string of the molecule is C[C@H](NC(=O)OCC1c2ccccc2-c2ccccc21)c1ccc(Br)cc1. The number of ether oxygens (including phenoxy) is 1. The van der Waals surface area contributed by atoms with E-state index >= 15 is 0 Å². The Labute approximate surface area is 167 Å². The van der Waals surface area contributed by atoms with Crippen LogP contribution in [0.25, 0.3) is 11.1 Å². The molecule has 3 nitrogen and oxygen atoms in total. The Bertz CT molecular complexity index is 923. The van der Waals surface area contributed by atoms with Gasteiger partial charge in [0.05, 0.1) is 6.04 Å². The lowest BCUT2D eigenvalue weighted by Gasteiger charge is -2.17. The molecular weight excluding hydrogens is 402 g/mol. The topological polar surface area (TPSA) is 38.3 Å². The average Bonchev–Trinajstić information content (AvgIpc) is 3.01. The predicted molar refractivity (Wildman–Crippen MR) is 111 cm³/mol. The summed E-state index contributed by atoms with van der Waals surface area (Å²) in [7, 11) is 0. The first kappa shape index (κ1) is 17.8. The van der Waals surface area contributed by atoms with Gasteiger partial charge in [-0.3, -0.25) is 0 Å². The molecule has 4 heteroatoms. The summed E-state index contributed by atoms with van der Waals surface area (Å²) in [6, 6.07) is 24.4. The molecule has 3 aromatic carbocycles. The summed E-state index contributed by atoms with van der Waals surface area (Å²) >= 11 is 3.42. The van der Waals surface area contributed by atoms with Crippen LogP contribution >= 0.6 is 15.9 Å². The number of carbonyl (C=O) groups excluding carboxylic acids is 1. The van der Waals surface area contributed by atoms with Gasteiger partial charge in [0, 0.05) is 10.4 Å². The molecule has 0 saturated heterocycles. The second-order valence-corrected chi connectivity index (χ2v) is 7.66. The lowest BCUT2D eigenvalue weighted by molar-refractivity contribution is 0.140. The van der Waals surface area contributed by atoms with E-state index in [0.717, 1.165) is 10.0 Å². The Balaban J connectivity index is 1.44. The summed E-state index contributed by atoms with van der Waals surface area (Å²) in [5.41, 5.74) is 5.92. The number of halogens is 1. The summed E-state index contributed by atoms with van der Waals surface area (Å²) in [4.78, 5) is 12.3. The van der Waals surface area contributed by atoms with Crippen molar-refractivity contribution in [1.29, 1.82) is 0 Å². The van der Waals surface area contributed by atoms with Crippen LogP contribution in [0.1, 0.15) is 35.6 Å². The Hall–Kier alpha value is -2.59. The zero-order valence-electron chi connectivity index (χ0n) is 15.0. The van der Waals surface area contributed by atoms with E-state index in [0.29, 0.717) is 6.61 Å². The fourth-order valence-corrected chi connectivity index (χ4v) is 3.92. The first-order chi connectivity index (χ1) is 13.1. The average molecular weight is 422 g/mol. The molecule has 0 spiro atoms. The summed E-state index contributed by atoms with van der Waals surface area (Å²) < 4.78 is 6.61. The highest BCUT2D eigenvalue weighted by Crippen LogP contribution is 2.44. The van der Waals surface area contributed by atoms with Crippen LogP contribution in [-0.2, 0) is 4.74 Å². The molecule has 4 rings (SSSR count). The number of fused-ring (bicyclic) bond motifs is 3. The maximum Gasteiger partial charge on any atom is 0.407 e. The number of hydrogen-bond acceptors (Lipinski definition) is 2.